The molecule has 0 aliphatic rings. The van der Waals surface area contributed by atoms with Crippen LogP contribution in [0.5, 0.6) is 0 Å². The van der Waals surface area contributed by atoms with Crippen molar-refractivity contribution in [1.29, 1.82) is 0 Å². The molecule has 0 spiro atoms. The molecule has 0 atom stereocenters. The van der Waals surface area contributed by atoms with Crippen LogP contribution in [0, 0.1) is 0 Å². The number of hydrogen-bond acceptors (Lipinski definition) is 4. The van der Waals surface area contributed by atoms with Gasteiger partial charge in [0.25, 0.3) is 5.97 Å². The van der Waals surface area contributed by atoms with Crippen LogP contribution in [0.1, 0.15) is 60.3 Å². The van der Waals surface area contributed by atoms with Gasteiger partial charge in [0.15, 0.2) is 0 Å². The number of ether oxygens (including phenoxy) is 2. The zero-order valence-corrected chi connectivity index (χ0v) is 13.0. The lowest BCUT2D eigenvalue weighted by Crippen LogP contribution is -1.99. The minimum absolute atomic E-state index is 0.170. The van der Waals surface area contributed by atoms with Crippen LogP contribution in [0.15, 0.2) is 0 Å². The molecule has 0 rings (SSSR count). The van der Waals surface area contributed by atoms with E-state index in [0.29, 0.717) is 6.61 Å². The maximum atomic E-state index is 10.3. The number of carbonyl (C=O) groups is 2. The molecule has 0 amide bonds. The summed E-state index contributed by atoms with van der Waals surface area (Å²) in [6, 6.07) is 0. The minimum atomic E-state index is -0.833. The fraction of sp³-hybridized carbons (Fsp3) is 0.857. The second kappa shape index (κ2) is 22.1. The summed E-state index contributed by atoms with van der Waals surface area (Å²) in [4.78, 5) is 19.3. The third kappa shape index (κ3) is 60.1. The second-order valence-corrected chi connectivity index (χ2v) is 3.70. The van der Waals surface area contributed by atoms with Gasteiger partial charge in [0.05, 0.1) is 6.61 Å². The molecule has 0 radical (unpaired) electrons. The van der Waals surface area contributed by atoms with Gasteiger partial charge in [-0.05, 0) is 20.3 Å². The molecule has 0 aliphatic carbocycles. The van der Waals surface area contributed by atoms with E-state index in [0.717, 1.165) is 26.6 Å². The summed E-state index contributed by atoms with van der Waals surface area (Å²) >= 11 is 0. The van der Waals surface area contributed by atoms with E-state index in [-0.39, 0.29) is 5.97 Å². The van der Waals surface area contributed by atoms with Gasteiger partial charge in [0.2, 0.25) is 0 Å². The zero-order valence-electron chi connectivity index (χ0n) is 13.0. The van der Waals surface area contributed by atoms with E-state index in [4.69, 9.17) is 19.4 Å². The van der Waals surface area contributed by atoms with Gasteiger partial charge in [-0.3, -0.25) is 9.59 Å². The van der Waals surface area contributed by atoms with Gasteiger partial charge < -0.3 is 14.6 Å². The number of carboxylic acids is 1. The SMILES string of the molecule is CC(=O)O.CCCCCCOC(C)=O.CCOCC. The van der Waals surface area contributed by atoms with E-state index in [1.807, 2.05) is 13.8 Å². The highest BCUT2D eigenvalue weighted by Gasteiger charge is 1.91. The van der Waals surface area contributed by atoms with Gasteiger partial charge in [-0.25, -0.2) is 0 Å². The van der Waals surface area contributed by atoms with Crippen molar-refractivity contribution in [1.82, 2.24) is 0 Å². The Labute approximate surface area is 117 Å². The third-order valence-corrected chi connectivity index (χ3v) is 1.71. The van der Waals surface area contributed by atoms with E-state index in [1.165, 1.54) is 26.2 Å². The van der Waals surface area contributed by atoms with Crippen molar-refractivity contribution >= 4 is 11.9 Å². The Morgan fingerprint density at radius 1 is 0.947 bits per heavy atom. The number of hydrogen-bond donors (Lipinski definition) is 1. The first-order chi connectivity index (χ1) is 8.92. The highest BCUT2D eigenvalue weighted by molar-refractivity contribution is 5.65. The predicted octanol–water partition coefficient (Wildman–Crippen LogP) is 3.26. The summed E-state index contributed by atoms with van der Waals surface area (Å²) in [6.07, 6.45) is 4.64. The standard InChI is InChI=1S/C8H16O2.C4H10O.C2H4O2/c1-3-4-5-6-7-10-8(2)9;1-3-5-4-2;1-2(3)4/h3-7H2,1-2H3;3-4H2,1-2H3;1H3,(H,3,4). The molecule has 0 heterocycles. The molecule has 116 valence electrons. The first-order valence-corrected chi connectivity index (χ1v) is 6.82. The monoisotopic (exact) mass is 278 g/mol. The fourth-order valence-electron chi connectivity index (χ4n) is 0.949. The van der Waals surface area contributed by atoms with E-state index >= 15 is 0 Å². The molecule has 19 heavy (non-hydrogen) atoms. The lowest BCUT2D eigenvalue weighted by Gasteiger charge is -1.99. The van der Waals surface area contributed by atoms with Crippen molar-refractivity contribution in [3.05, 3.63) is 0 Å². The van der Waals surface area contributed by atoms with Crippen LogP contribution >= 0.6 is 0 Å². The molecular formula is C14H30O5. The van der Waals surface area contributed by atoms with Gasteiger partial charge in [-0.15, -0.1) is 0 Å². The van der Waals surface area contributed by atoms with Crippen molar-refractivity contribution in [2.24, 2.45) is 0 Å². The van der Waals surface area contributed by atoms with Crippen molar-refractivity contribution in [3.8, 4) is 0 Å². The molecule has 0 saturated carbocycles. The Hall–Kier alpha value is -1.10. The van der Waals surface area contributed by atoms with Crippen molar-refractivity contribution < 1.29 is 24.2 Å². The molecule has 0 bridgehead atoms. The maximum Gasteiger partial charge on any atom is 0.302 e. The fourth-order valence-corrected chi connectivity index (χ4v) is 0.949. The largest absolute Gasteiger partial charge is 0.481 e. The lowest BCUT2D eigenvalue weighted by atomic mass is 10.2. The number of carboxylic acid groups (broad SMARTS) is 1. The summed E-state index contributed by atoms with van der Waals surface area (Å²) in [7, 11) is 0. The first kappa shape index (κ1) is 23.0. The number of aliphatic carboxylic acids is 1. The molecule has 5 nitrogen and oxygen atoms in total. The Balaban J connectivity index is -0.000000238. The van der Waals surface area contributed by atoms with Gasteiger partial charge in [-0.2, -0.15) is 0 Å². The van der Waals surface area contributed by atoms with E-state index in [2.05, 4.69) is 6.92 Å². The predicted molar refractivity (Wildman–Crippen MR) is 76.3 cm³/mol. The third-order valence-electron chi connectivity index (χ3n) is 1.71. The molecule has 0 aromatic heterocycles. The zero-order chi connectivity index (χ0) is 15.5. The molecule has 0 aromatic rings. The van der Waals surface area contributed by atoms with E-state index < -0.39 is 5.97 Å². The first-order valence-electron chi connectivity index (χ1n) is 6.82. The quantitative estimate of drug-likeness (QED) is 0.571. The Bertz CT molecular complexity index is 186. The average Bonchev–Trinajstić information content (AvgIpc) is 2.29. The van der Waals surface area contributed by atoms with Crippen molar-refractivity contribution in [2.75, 3.05) is 19.8 Å². The Morgan fingerprint density at radius 3 is 1.68 bits per heavy atom. The molecule has 0 fully saturated rings. The summed E-state index contributed by atoms with van der Waals surface area (Å²) in [5.74, 6) is -1.00. The molecule has 1 N–H and O–H groups in total. The topological polar surface area (TPSA) is 72.8 Å². The highest BCUT2D eigenvalue weighted by Crippen LogP contribution is 1.98. The lowest BCUT2D eigenvalue weighted by molar-refractivity contribution is -0.141. The van der Waals surface area contributed by atoms with Crippen molar-refractivity contribution in [2.45, 2.75) is 60.3 Å². The summed E-state index contributed by atoms with van der Waals surface area (Å²) in [5.41, 5.74) is 0. The van der Waals surface area contributed by atoms with Crippen LogP contribution in [0.3, 0.4) is 0 Å². The minimum Gasteiger partial charge on any atom is -0.481 e. The van der Waals surface area contributed by atoms with Crippen LogP contribution in [0.4, 0.5) is 0 Å². The van der Waals surface area contributed by atoms with Crippen molar-refractivity contribution in [3.63, 3.8) is 0 Å². The van der Waals surface area contributed by atoms with Gasteiger partial charge in [0, 0.05) is 27.1 Å². The maximum absolute atomic E-state index is 10.3. The van der Waals surface area contributed by atoms with Crippen LogP contribution in [0.25, 0.3) is 0 Å². The smallest absolute Gasteiger partial charge is 0.302 e. The van der Waals surface area contributed by atoms with Gasteiger partial charge >= 0.3 is 5.97 Å². The summed E-state index contributed by atoms with van der Waals surface area (Å²) in [6.45, 7) is 10.9. The average molecular weight is 278 g/mol. The number of esters is 1. The summed E-state index contributed by atoms with van der Waals surface area (Å²) in [5, 5.41) is 7.42. The molecule has 0 aliphatic heterocycles. The Kier molecular flexibility index (Phi) is 26.8. The van der Waals surface area contributed by atoms with Crippen LogP contribution in [-0.4, -0.2) is 36.9 Å². The van der Waals surface area contributed by atoms with E-state index in [1.54, 1.807) is 0 Å². The van der Waals surface area contributed by atoms with Crippen LogP contribution < -0.4 is 0 Å². The van der Waals surface area contributed by atoms with E-state index in [9.17, 15) is 4.79 Å². The van der Waals surface area contributed by atoms with Gasteiger partial charge in [0.1, 0.15) is 0 Å². The Morgan fingerprint density at radius 2 is 1.42 bits per heavy atom. The number of rotatable bonds is 7. The molecule has 5 heteroatoms. The summed E-state index contributed by atoms with van der Waals surface area (Å²) < 4.78 is 9.58. The molecule has 0 saturated heterocycles. The highest BCUT2D eigenvalue weighted by atomic mass is 16.5. The molecular weight excluding hydrogens is 248 g/mol. The van der Waals surface area contributed by atoms with Gasteiger partial charge in [-0.1, -0.05) is 26.2 Å². The van der Waals surface area contributed by atoms with Crippen LogP contribution in [-0.2, 0) is 19.1 Å². The number of carbonyl (C=O) groups excluding carboxylic acids is 1. The molecule has 0 aromatic carbocycles. The normalized spacial score (nSPS) is 8.47. The molecule has 0 unspecified atom stereocenters. The second-order valence-electron chi connectivity index (χ2n) is 3.70. The van der Waals surface area contributed by atoms with Crippen LogP contribution in [0.2, 0.25) is 0 Å². The number of unbranched alkanes of at least 4 members (excludes halogenated alkanes) is 3.